The van der Waals surface area contributed by atoms with Gasteiger partial charge in [0.05, 0.1) is 5.56 Å². The second kappa shape index (κ2) is 7.02. The van der Waals surface area contributed by atoms with E-state index in [0.29, 0.717) is 11.3 Å². The molecule has 0 aliphatic rings. The largest absolute Gasteiger partial charge is 0.298 e. The Hall–Kier alpha value is -3.05. The molecule has 8 heteroatoms. The van der Waals surface area contributed by atoms with Gasteiger partial charge in [-0.15, -0.1) is 0 Å². The van der Waals surface area contributed by atoms with Crippen molar-refractivity contribution < 1.29 is 9.18 Å². The number of aromatic nitrogens is 1. The molecule has 0 saturated heterocycles. The Bertz CT molecular complexity index is 931. The van der Waals surface area contributed by atoms with Gasteiger partial charge in [0.25, 0.3) is 11.5 Å². The van der Waals surface area contributed by atoms with Crippen LogP contribution in [0.3, 0.4) is 0 Å². The van der Waals surface area contributed by atoms with Crippen LogP contribution in [0.2, 0.25) is 0 Å². The molecule has 0 unspecified atom stereocenters. The number of amides is 1. The molecule has 0 atom stereocenters. The van der Waals surface area contributed by atoms with E-state index in [1.807, 2.05) is 6.07 Å². The van der Waals surface area contributed by atoms with E-state index in [0.717, 1.165) is 10.7 Å². The molecule has 0 saturated carbocycles. The molecule has 122 valence electrons. The number of halogens is 1. The first-order chi connectivity index (χ1) is 11.3. The lowest BCUT2D eigenvalue weighted by atomic mass is 10.1. The minimum absolute atomic E-state index is 0.0312. The molecule has 0 aliphatic heterocycles. The maximum atomic E-state index is 13.6. The zero-order valence-electron chi connectivity index (χ0n) is 12.9. The molecule has 0 bridgehead atoms. The second-order valence-corrected chi connectivity index (χ2v) is 5.38. The third kappa shape index (κ3) is 3.47. The fourth-order valence-electron chi connectivity index (χ4n) is 2.11. The predicted molar refractivity (Wildman–Crippen MR) is 90.7 cm³/mol. The molecular weight excluding hydrogens is 331 g/mol. The molecule has 24 heavy (non-hydrogen) atoms. The highest BCUT2D eigenvalue weighted by atomic mass is 32.1. The molecule has 2 rings (SSSR count). The fraction of sp³-hybridized carbons (Fsp3) is 0.125. The smallest absolute Gasteiger partial charge is 0.287 e. The zero-order valence-corrected chi connectivity index (χ0v) is 13.7. The SMILES string of the molecule is Cc1cc(C)n(NC(=S)NC(=O)c2ccccc2F)c(=O)c1C#N. The summed E-state index contributed by atoms with van der Waals surface area (Å²) in [5, 5.41) is 11.1. The Kier molecular flexibility index (Phi) is 5.06. The lowest BCUT2D eigenvalue weighted by Gasteiger charge is -2.15. The lowest BCUT2D eigenvalue weighted by Crippen LogP contribution is -2.43. The van der Waals surface area contributed by atoms with Crippen molar-refractivity contribution in [3.63, 3.8) is 0 Å². The Balaban J connectivity index is 2.23. The summed E-state index contributed by atoms with van der Waals surface area (Å²) in [5.41, 5.74) is 2.78. The van der Waals surface area contributed by atoms with Gasteiger partial charge in [-0.2, -0.15) is 5.26 Å². The Morgan fingerprint density at radius 3 is 2.62 bits per heavy atom. The zero-order chi connectivity index (χ0) is 17.9. The number of carbonyl (C=O) groups excluding carboxylic acids is 1. The van der Waals surface area contributed by atoms with Crippen LogP contribution in [0.1, 0.15) is 27.2 Å². The molecular formula is C16H13FN4O2S. The summed E-state index contributed by atoms with van der Waals surface area (Å²) >= 11 is 4.98. The van der Waals surface area contributed by atoms with Gasteiger partial charge in [0.15, 0.2) is 5.11 Å². The van der Waals surface area contributed by atoms with Gasteiger partial charge in [0, 0.05) is 5.69 Å². The van der Waals surface area contributed by atoms with Gasteiger partial charge in [-0.1, -0.05) is 12.1 Å². The Morgan fingerprint density at radius 1 is 1.33 bits per heavy atom. The van der Waals surface area contributed by atoms with E-state index in [9.17, 15) is 14.0 Å². The first kappa shape index (κ1) is 17.3. The number of hydrogen-bond donors (Lipinski definition) is 2. The van der Waals surface area contributed by atoms with Crippen molar-refractivity contribution in [2.24, 2.45) is 0 Å². The lowest BCUT2D eigenvalue weighted by molar-refractivity contribution is 0.0973. The van der Waals surface area contributed by atoms with E-state index in [4.69, 9.17) is 17.5 Å². The van der Waals surface area contributed by atoms with Crippen molar-refractivity contribution in [3.8, 4) is 6.07 Å². The van der Waals surface area contributed by atoms with Crippen molar-refractivity contribution in [2.45, 2.75) is 13.8 Å². The minimum Gasteiger partial charge on any atom is -0.298 e. The van der Waals surface area contributed by atoms with Crippen LogP contribution in [0, 0.1) is 31.0 Å². The molecule has 0 aliphatic carbocycles. The number of rotatable bonds is 2. The highest BCUT2D eigenvalue weighted by Crippen LogP contribution is 2.06. The topological polar surface area (TPSA) is 86.9 Å². The molecule has 1 aromatic carbocycles. The van der Waals surface area contributed by atoms with Crippen molar-refractivity contribution in [2.75, 3.05) is 5.43 Å². The number of nitrogens with zero attached hydrogens (tertiary/aromatic N) is 2. The molecule has 0 spiro atoms. The van der Waals surface area contributed by atoms with E-state index < -0.39 is 17.3 Å². The van der Waals surface area contributed by atoms with Gasteiger partial charge >= 0.3 is 0 Å². The summed E-state index contributed by atoms with van der Waals surface area (Å²) in [6, 6.07) is 8.90. The third-order valence-electron chi connectivity index (χ3n) is 3.26. The highest BCUT2D eigenvalue weighted by molar-refractivity contribution is 7.80. The standard InChI is InChI=1S/C16H13FN4O2S/c1-9-7-10(2)21(15(23)12(9)8-18)20-16(24)19-14(22)11-5-3-4-6-13(11)17/h3-7H,1-2H3,(H2,19,20,22,24). The molecule has 1 heterocycles. The Labute approximate surface area is 142 Å². The second-order valence-electron chi connectivity index (χ2n) is 4.97. The highest BCUT2D eigenvalue weighted by Gasteiger charge is 2.14. The fourth-order valence-corrected chi connectivity index (χ4v) is 2.29. The summed E-state index contributed by atoms with van der Waals surface area (Å²) in [5.74, 6) is -1.43. The van der Waals surface area contributed by atoms with Crippen LogP contribution in [-0.2, 0) is 0 Å². The van der Waals surface area contributed by atoms with Crippen molar-refractivity contribution in [1.82, 2.24) is 9.99 Å². The summed E-state index contributed by atoms with van der Waals surface area (Å²) in [4.78, 5) is 24.2. The number of pyridine rings is 1. The van der Waals surface area contributed by atoms with Gasteiger partial charge in [0.2, 0.25) is 0 Å². The third-order valence-corrected chi connectivity index (χ3v) is 3.45. The van der Waals surface area contributed by atoms with Gasteiger partial charge in [-0.3, -0.25) is 20.3 Å². The van der Waals surface area contributed by atoms with E-state index >= 15 is 0 Å². The minimum atomic E-state index is -0.746. The summed E-state index contributed by atoms with van der Waals surface area (Å²) in [6.07, 6.45) is 0. The van der Waals surface area contributed by atoms with Crippen LogP contribution in [0.15, 0.2) is 35.1 Å². The predicted octanol–water partition coefficient (Wildman–Crippen LogP) is 1.73. The average molecular weight is 344 g/mol. The first-order valence-electron chi connectivity index (χ1n) is 6.85. The van der Waals surface area contributed by atoms with Crippen LogP contribution >= 0.6 is 12.2 Å². The van der Waals surface area contributed by atoms with E-state index in [-0.39, 0.29) is 16.2 Å². The van der Waals surface area contributed by atoms with Crippen LogP contribution < -0.4 is 16.3 Å². The van der Waals surface area contributed by atoms with Crippen LogP contribution in [0.5, 0.6) is 0 Å². The van der Waals surface area contributed by atoms with Crippen LogP contribution in [0.25, 0.3) is 0 Å². The molecule has 6 nitrogen and oxygen atoms in total. The van der Waals surface area contributed by atoms with E-state index in [2.05, 4.69) is 10.7 Å². The summed E-state index contributed by atoms with van der Waals surface area (Å²) in [7, 11) is 0. The van der Waals surface area contributed by atoms with E-state index in [1.165, 1.54) is 18.2 Å². The van der Waals surface area contributed by atoms with Gasteiger partial charge in [-0.05, 0) is 49.8 Å². The van der Waals surface area contributed by atoms with Gasteiger partial charge < -0.3 is 0 Å². The van der Waals surface area contributed by atoms with Gasteiger partial charge in [0.1, 0.15) is 17.4 Å². The molecule has 2 N–H and O–H groups in total. The summed E-state index contributed by atoms with van der Waals surface area (Å²) < 4.78 is 14.6. The number of benzene rings is 1. The quantitative estimate of drug-likeness (QED) is 0.810. The van der Waals surface area contributed by atoms with Gasteiger partial charge in [-0.25, -0.2) is 9.07 Å². The number of nitriles is 1. The van der Waals surface area contributed by atoms with Crippen LogP contribution in [-0.4, -0.2) is 15.7 Å². The van der Waals surface area contributed by atoms with Crippen molar-refractivity contribution in [1.29, 1.82) is 5.26 Å². The monoisotopic (exact) mass is 344 g/mol. The Morgan fingerprint density at radius 2 is 2.00 bits per heavy atom. The maximum absolute atomic E-state index is 13.6. The molecule has 0 radical (unpaired) electrons. The number of nitrogens with one attached hydrogen (secondary N) is 2. The number of hydrogen-bond acceptors (Lipinski definition) is 4. The maximum Gasteiger partial charge on any atom is 0.287 e. The van der Waals surface area contributed by atoms with Crippen LogP contribution in [0.4, 0.5) is 4.39 Å². The normalized spacial score (nSPS) is 9.92. The number of thiocarbonyl (C=S) groups is 1. The molecule has 2 aromatic rings. The van der Waals surface area contributed by atoms with Crippen molar-refractivity contribution >= 4 is 23.2 Å². The molecule has 1 amide bonds. The van der Waals surface area contributed by atoms with E-state index in [1.54, 1.807) is 19.9 Å². The average Bonchev–Trinajstić information content (AvgIpc) is 2.52. The summed E-state index contributed by atoms with van der Waals surface area (Å²) in [6.45, 7) is 3.29. The molecule has 0 fully saturated rings. The molecule has 1 aromatic heterocycles. The number of aryl methyl sites for hydroxylation is 2. The first-order valence-corrected chi connectivity index (χ1v) is 7.26. The number of carbonyl (C=O) groups is 1. The van der Waals surface area contributed by atoms with Crippen molar-refractivity contribution in [3.05, 3.63) is 68.9 Å².